The first kappa shape index (κ1) is 76.3. The third kappa shape index (κ3) is 15.5. The van der Waals surface area contributed by atoms with Gasteiger partial charge in [-0.3, -0.25) is 9.59 Å². The molecule has 0 atom stereocenters. The van der Waals surface area contributed by atoms with Gasteiger partial charge in [0, 0.05) is 83.1 Å². The number of carbonyl (C=O) groups is 2. The quantitative estimate of drug-likeness (QED) is 0.0700. The molecule has 4 aliphatic heterocycles. The Hall–Kier alpha value is -11.8. The van der Waals surface area contributed by atoms with Crippen LogP contribution in [0.2, 0.25) is 0 Å². The Balaban J connectivity index is 0.000000183. The van der Waals surface area contributed by atoms with Crippen LogP contribution in [0.15, 0.2) is 162 Å². The molecule has 0 spiro atoms. The molecule has 12 nitrogen and oxygen atoms in total. The fraction of sp³-hybridized carbons (Fsp3) is 0.161. The van der Waals surface area contributed by atoms with Gasteiger partial charge in [0.05, 0.1) is 50.0 Å². The Morgan fingerprint density at radius 2 is 0.617 bits per heavy atom. The summed E-state index contributed by atoms with van der Waals surface area (Å²) in [6.07, 6.45) is 18.4. The molecule has 0 unspecified atom stereocenters. The van der Waals surface area contributed by atoms with Crippen LogP contribution in [0.5, 0.6) is 5.75 Å². The lowest BCUT2D eigenvalue weighted by molar-refractivity contribution is 0.111. The van der Waals surface area contributed by atoms with Crippen LogP contribution in [0.3, 0.4) is 0 Å². The summed E-state index contributed by atoms with van der Waals surface area (Å²) in [5.74, 6) is 0.498. The van der Waals surface area contributed by atoms with Crippen LogP contribution >= 0.6 is 15.9 Å². The zero-order chi connectivity index (χ0) is 72.8. The van der Waals surface area contributed by atoms with Gasteiger partial charge in [0.15, 0.2) is 0 Å². The number of aromatic nitrogens is 8. The van der Waals surface area contributed by atoms with Crippen molar-refractivity contribution in [2.75, 3.05) is 0 Å². The second kappa shape index (κ2) is 31.9. The Labute approximate surface area is 636 Å². The maximum absolute atomic E-state index is 11.6. The van der Waals surface area contributed by atoms with E-state index >= 15 is 0 Å². The highest BCUT2D eigenvalue weighted by molar-refractivity contribution is 9.10. The number of fused-ring (bicyclic) bond motifs is 16. The monoisotopic (exact) mass is 1470 g/mol. The smallest absolute Gasteiger partial charge is 0.537 e. The van der Waals surface area contributed by atoms with E-state index in [0.717, 1.165) is 140 Å². The number of nitrogens with one attached hydrogen (secondary N) is 4. The van der Waals surface area contributed by atoms with Gasteiger partial charge >= 0.3 is 7.69 Å². The predicted octanol–water partition coefficient (Wildman–Crippen LogP) is 24.2. The zero-order valence-corrected chi connectivity index (χ0v) is 61.8. The third-order valence-electron chi connectivity index (χ3n) is 19.3. The van der Waals surface area contributed by atoms with E-state index in [1.165, 1.54) is 89.0 Å². The van der Waals surface area contributed by atoms with Gasteiger partial charge in [0.1, 0.15) is 18.3 Å². The van der Waals surface area contributed by atoms with Crippen molar-refractivity contribution in [1.29, 1.82) is 0 Å². The van der Waals surface area contributed by atoms with Crippen molar-refractivity contribution in [3.63, 3.8) is 0 Å². The van der Waals surface area contributed by atoms with Crippen LogP contribution in [0.1, 0.15) is 155 Å². The molecule has 1 radical (unpaired) electrons. The number of nitrogens with zero attached hydrogens (tertiary/aromatic N) is 4. The number of rotatable bonds is 9. The lowest BCUT2D eigenvalue weighted by Gasteiger charge is -2.13. The molecule has 14 heteroatoms. The van der Waals surface area contributed by atoms with E-state index < -0.39 is 0 Å². The molecule has 16 rings (SSSR count). The second-order valence-electron chi connectivity index (χ2n) is 27.4. The molecule has 0 saturated heterocycles. The number of aromatic amines is 4. The van der Waals surface area contributed by atoms with Crippen molar-refractivity contribution >= 4 is 129 Å². The lowest BCUT2D eigenvalue weighted by atomic mass is 9.92. The van der Waals surface area contributed by atoms with Gasteiger partial charge in [0.25, 0.3) is 0 Å². The maximum atomic E-state index is 11.6. The molecular weight excluding hydrogens is 1380 g/mol. The van der Waals surface area contributed by atoms with Crippen LogP contribution in [-0.4, -0.2) is 65.2 Å². The number of aryl methyl sites for hydroxylation is 12. The van der Waals surface area contributed by atoms with E-state index in [1.807, 2.05) is 24.3 Å². The fourth-order valence-electron chi connectivity index (χ4n) is 15.3. The van der Waals surface area contributed by atoms with E-state index in [1.54, 1.807) is 24.3 Å². The molecule has 535 valence electrons. The first-order valence-corrected chi connectivity index (χ1v) is 35.5. The molecule has 6 aromatic carbocycles. The van der Waals surface area contributed by atoms with Gasteiger partial charge in [-0.2, -0.15) is 0 Å². The molecular formula is C93H89BBrN8O4. The normalized spacial score (nSPS) is 11.5. The highest BCUT2D eigenvalue weighted by Gasteiger charge is 2.23. The first-order valence-electron chi connectivity index (χ1n) is 34.7. The Morgan fingerprint density at radius 1 is 0.327 bits per heavy atom. The largest absolute Gasteiger partial charge is 0.569 e. The summed E-state index contributed by atoms with van der Waals surface area (Å²) >= 11 is 3.88. The molecule has 16 bridgehead atoms. The molecule has 5 N–H and O–H groups in total. The number of benzene rings is 6. The van der Waals surface area contributed by atoms with Gasteiger partial charge in [-0.15, -0.1) is 0 Å². The van der Waals surface area contributed by atoms with Crippen molar-refractivity contribution in [3.05, 3.63) is 286 Å². The standard InChI is InChI=1S/C45H38N4O.C38H33BrN4.C7H6BO3.3CH4/c1-25-19-27(3)41(28(4)20-25)44-37-13-11-33(46-37)23-34-12-14-38(47-34)45(42-29(5)21-26(2)22-30(42)6)40-18-16-36(49-40)43(35-15-17-39(44)48-35)32-9-7-31(24-50)8-10-32;1-20-15-22(3)34(23(4)16-20)36-28-9-7-26(40-28)19-27-8-10-29(41-27)37(35-24(5)17-21(2)18-25(35)6)31-12-14-33(43-31)38(39)32-13-11-30(36)42-32;9-5-6-1-3-7(4-2-6)11-8-10;;;/h7-24,46,49H,1-6H3;7-19,40-41H,1-6H3;1-5,10H;3*1H4. The van der Waals surface area contributed by atoms with Crippen LogP contribution in [-0.2, 0) is 0 Å². The summed E-state index contributed by atoms with van der Waals surface area (Å²) in [5.41, 5.74) is 42.0. The lowest BCUT2D eigenvalue weighted by Crippen LogP contribution is -1.99. The Morgan fingerprint density at radius 3 is 0.981 bits per heavy atom. The average Bonchev–Trinajstić information content (AvgIpc) is 1.69. The molecule has 12 aromatic rings. The minimum atomic E-state index is 0. The molecule has 4 aliphatic rings. The number of carbonyl (C=O) groups excluding carboxylic acids is 2. The van der Waals surface area contributed by atoms with Gasteiger partial charge in [-0.05, 0) is 305 Å². The second-order valence-corrected chi connectivity index (χ2v) is 28.2. The van der Waals surface area contributed by atoms with E-state index in [4.69, 9.17) is 25.0 Å². The zero-order valence-electron chi connectivity index (χ0n) is 60.2. The summed E-state index contributed by atoms with van der Waals surface area (Å²) in [7, 11) is 0.593. The molecule has 0 saturated carbocycles. The van der Waals surface area contributed by atoms with Gasteiger partial charge in [0.2, 0.25) is 0 Å². The molecule has 10 heterocycles. The van der Waals surface area contributed by atoms with Crippen molar-refractivity contribution in [1.82, 2.24) is 39.9 Å². The SMILES string of the molecule is C.C.C.Cc1cc(C)c(-c2c3nc(c(-c4ccc(C=O)cc4)c4ccc([nH]4)c(-c4c(C)cc(C)cc4C)c4nc(cc5ccc2[nH]5)C=C4)C=C3)c(C)c1.Cc1cc(C)c(-c2c3nc(c(Br)c4nc(c(-c5c(C)cc(C)cc5C)c5ccc(cc6ccc2[nH]6)[nH]5)C=C4)C=C3)c(C)c1.O=Cc1ccc(O[B]O)cc1. The maximum Gasteiger partial charge on any atom is 0.569 e. The van der Waals surface area contributed by atoms with Gasteiger partial charge < -0.3 is 29.6 Å². The molecule has 0 amide bonds. The Kier molecular flexibility index (Phi) is 22.7. The molecule has 107 heavy (non-hydrogen) atoms. The summed E-state index contributed by atoms with van der Waals surface area (Å²) < 4.78 is 5.49. The summed E-state index contributed by atoms with van der Waals surface area (Å²) in [4.78, 5) is 57.6. The fourth-order valence-corrected chi connectivity index (χ4v) is 15.8. The minimum absolute atomic E-state index is 0. The Bertz CT molecular complexity index is 5720. The highest BCUT2D eigenvalue weighted by Crippen LogP contribution is 2.43. The average molecular weight is 1470 g/mol. The summed E-state index contributed by atoms with van der Waals surface area (Å²) in [6.45, 7) is 26.0. The van der Waals surface area contributed by atoms with E-state index in [2.05, 4.69) is 281 Å². The van der Waals surface area contributed by atoms with Crippen molar-refractivity contribution in [3.8, 4) is 61.4 Å². The van der Waals surface area contributed by atoms with E-state index in [9.17, 15) is 9.59 Å². The molecule has 0 aliphatic carbocycles. The van der Waals surface area contributed by atoms with E-state index in [0.29, 0.717) is 24.6 Å². The van der Waals surface area contributed by atoms with Crippen LogP contribution in [0.4, 0.5) is 0 Å². The molecule has 0 fully saturated rings. The molecule has 6 aromatic heterocycles. The van der Waals surface area contributed by atoms with Gasteiger partial charge in [-0.25, -0.2) is 19.9 Å². The topological polar surface area (TPSA) is 178 Å². The number of aldehydes is 2. The summed E-state index contributed by atoms with van der Waals surface area (Å²) in [5, 5.41) is 8.23. The number of halogens is 1. The number of hydrogen-bond acceptors (Lipinski definition) is 8. The van der Waals surface area contributed by atoms with E-state index in [-0.39, 0.29) is 22.3 Å². The van der Waals surface area contributed by atoms with Crippen molar-refractivity contribution in [2.24, 2.45) is 0 Å². The van der Waals surface area contributed by atoms with Crippen LogP contribution in [0, 0.1) is 83.1 Å². The number of H-pyrrole nitrogens is 4. The van der Waals surface area contributed by atoms with Crippen LogP contribution in [0.25, 0.3) is 148 Å². The number of hydrogen-bond donors (Lipinski definition) is 5. The summed E-state index contributed by atoms with van der Waals surface area (Å²) in [6, 6.07) is 53.5. The minimum Gasteiger partial charge on any atom is -0.537 e. The van der Waals surface area contributed by atoms with Crippen LogP contribution < -0.4 is 4.65 Å². The first-order chi connectivity index (χ1) is 50.2. The third-order valence-corrected chi connectivity index (χ3v) is 20.1. The van der Waals surface area contributed by atoms with Crippen molar-refractivity contribution in [2.45, 2.75) is 105 Å². The highest BCUT2D eigenvalue weighted by atomic mass is 79.9. The van der Waals surface area contributed by atoms with Gasteiger partial charge in [-0.1, -0.05) is 117 Å². The van der Waals surface area contributed by atoms with Crippen molar-refractivity contribution < 1.29 is 19.3 Å². The predicted molar refractivity (Wildman–Crippen MR) is 455 cm³/mol.